The molecule has 0 heterocycles. The van der Waals surface area contributed by atoms with E-state index in [9.17, 15) is 38.2 Å². The molecule has 4 N–H and O–H groups in total. The molecule has 2 rings (SSSR count). The predicted octanol–water partition coefficient (Wildman–Crippen LogP) is 2.35. The minimum Gasteiger partial charge on any atom is -0.478 e. The van der Waals surface area contributed by atoms with Gasteiger partial charge in [0.15, 0.2) is 0 Å². The van der Waals surface area contributed by atoms with Gasteiger partial charge in [-0.25, -0.2) is 28.0 Å². The van der Waals surface area contributed by atoms with Crippen molar-refractivity contribution in [3.05, 3.63) is 69.3 Å². The van der Waals surface area contributed by atoms with Crippen LogP contribution in [0.2, 0.25) is 0 Å². The standard InChI is InChI=1S/C17H10F2O8/c18-10-3-1-6(14(20)21)12(16(24)25)8(10)5-9-11(19)4-2-7(15(22)23)13(9)17(26)27/h1-4H,5H2,(H,20,21)(H,22,23)(H,24,25)(H,26,27). The molecule has 0 fully saturated rings. The summed E-state index contributed by atoms with van der Waals surface area (Å²) in [6, 6.07) is 2.69. The van der Waals surface area contributed by atoms with E-state index in [1.54, 1.807) is 0 Å². The van der Waals surface area contributed by atoms with Crippen molar-refractivity contribution in [1.82, 2.24) is 0 Å². The minimum absolute atomic E-state index is 0.643. The van der Waals surface area contributed by atoms with Crippen LogP contribution in [0, 0.1) is 11.6 Å². The van der Waals surface area contributed by atoms with Gasteiger partial charge in [0.25, 0.3) is 0 Å². The zero-order chi connectivity index (χ0) is 20.5. The Morgan fingerprint density at radius 3 is 1.22 bits per heavy atom. The van der Waals surface area contributed by atoms with Crippen LogP contribution in [-0.2, 0) is 6.42 Å². The van der Waals surface area contributed by atoms with Crippen molar-refractivity contribution in [2.75, 3.05) is 0 Å². The van der Waals surface area contributed by atoms with Gasteiger partial charge in [-0.1, -0.05) is 0 Å². The highest BCUT2D eigenvalue weighted by Gasteiger charge is 2.28. The Balaban J connectivity index is 2.82. The summed E-state index contributed by atoms with van der Waals surface area (Å²) in [5.74, 6) is -9.45. The third-order valence-electron chi connectivity index (χ3n) is 3.75. The number of carboxylic acid groups (broad SMARTS) is 4. The first-order chi connectivity index (χ1) is 12.6. The Bertz CT molecular complexity index is 917. The maximum atomic E-state index is 14.2. The van der Waals surface area contributed by atoms with Crippen LogP contribution in [0.15, 0.2) is 24.3 Å². The van der Waals surface area contributed by atoms with Crippen LogP contribution in [0.1, 0.15) is 52.6 Å². The number of aromatic carboxylic acids is 4. The number of hydrogen-bond acceptors (Lipinski definition) is 4. The molecule has 0 unspecified atom stereocenters. The Labute approximate surface area is 148 Å². The average molecular weight is 380 g/mol. The second-order valence-electron chi connectivity index (χ2n) is 5.29. The van der Waals surface area contributed by atoms with Crippen LogP contribution >= 0.6 is 0 Å². The van der Waals surface area contributed by atoms with Crippen molar-refractivity contribution >= 4 is 23.9 Å². The fourth-order valence-corrected chi connectivity index (χ4v) is 2.61. The van der Waals surface area contributed by atoms with Gasteiger partial charge in [0, 0.05) is 17.5 Å². The zero-order valence-electron chi connectivity index (χ0n) is 13.2. The molecule has 0 spiro atoms. The summed E-state index contributed by atoms with van der Waals surface area (Å²) in [5.41, 5.74) is -5.12. The van der Waals surface area contributed by atoms with Gasteiger partial charge in [-0.3, -0.25) is 0 Å². The van der Waals surface area contributed by atoms with Gasteiger partial charge in [0.05, 0.1) is 22.3 Å². The molecule has 0 bridgehead atoms. The third kappa shape index (κ3) is 3.59. The first-order valence-electron chi connectivity index (χ1n) is 7.12. The summed E-state index contributed by atoms with van der Waals surface area (Å²) in [4.78, 5) is 45.3. The van der Waals surface area contributed by atoms with Crippen LogP contribution in [0.3, 0.4) is 0 Å². The fourth-order valence-electron chi connectivity index (χ4n) is 2.61. The normalized spacial score (nSPS) is 10.4. The predicted molar refractivity (Wildman–Crippen MR) is 83.4 cm³/mol. The molecule has 0 saturated carbocycles. The van der Waals surface area contributed by atoms with Crippen molar-refractivity contribution in [2.24, 2.45) is 0 Å². The zero-order valence-corrected chi connectivity index (χ0v) is 13.2. The van der Waals surface area contributed by atoms with E-state index in [1.807, 2.05) is 0 Å². The highest BCUT2D eigenvalue weighted by molar-refractivity contribution is 6.04. The molecule has 0 radical (unpaired) electrons. The van der Waals surface area contributed by atoms with Crippen LogP contribution in [0.4, 0.5) is 8.78 Å². The maximum absolute atomic E-state index is 14.2. The molecule has 2 aromatic carbocycles. The summed E-state index contributed by atoms with van der Waals surface area (Å²) in [6.07, 6.45) is -0.983. The van der Waals surface area contributed by atoms with Gasteiger partial charge in [0.2, 0.25) is 0 Å². The van der Waals surface area contributed by atoms with E-state index in [1.165, 1.54) is 0 Å². The number of benzene rings is 2. The third-order valence-corrected chi connectivity index (χ3v) is 3.75. The smallest absolute Gasteiger partial charge is 0.336 e. The fraction of sp³-hybridized carbons (Fsp3) is 0.0588. The van der Waals surface area contributed by atoms with Crippen LogP contribution < -0.4 is 0 Å². The summed E-state index contributed by atoms with van der Waals surface area (Å²) in [5, 5.41) is 36.7. The molecule has 27 heavy (non-hydrogen) atoms. The lowest BCUT2D eigenvalue weighted by molar-refractivity contribution is 0.0648. The number of rotatable bonds is 6. The van der Waals surface area contributed by atoms with Crippen molar-refractivity contribution in [3.63, 3.8) is 0 Å². The van der Waals surface area contributed by atoms with Gasteiger partial charge in [-0.15, -0.1) is 0 Å². The van der Waals surface area contributed by atoms with Gasteiger partial charge < -0.3 is 20.4 Å². The molecule has 0 saturated heterocycles. The lowest BCUT2D eigenvalue weighted by Gasteiger charge is -2.14. The average Bonchev–Trinajstić information content (AvgIpc) is 2.56. The van der Waals surface area contributed by atoms with Gasteiger partial charge >= 0.3 is 23.9 Å². The van der Waals surface area contributed by atoms with E-state index in [4.69, 9.17) is 10.2 Å². The maximum Gasteiger partial charge on any atom is 0.336 e. The molecule has 0 atom stereocenters. The molecule has 0 aliphatic rings. The highest BCUT2D eigenvalue weighted by atomic mass is 19.1. The lowest BCUT2D eigenvalue weighted by atomic mass is 9.90. The number of halogens is 2. The van der Waals surface area contributed by atoms with Gasteiger partial charge in [0.1, 0.15) is 11.6 Å². The van der Waals surface area contributed by atoms with Crippen molar-refractivity contribution in [2.45, 2.75) is 6.42 Å². The lowest BCUT2D eigenvalue weighted by Crippen LogP contribution is -2.17. The molecular formula is C17H10F2O8. The number of carbonyl (C=O) groups is 4. The molecule has 2 aromatic rings. The Hall–Kier alpha value is -3.82. The SMILES string of the molecule is O=C(O)c1ccc(F)c(Cc2c(F)ccc(C(=O)O)c2C(=O)O)c1C(=O)O. The van der Waals surface area contributed by atoms with Crippen LogP contribution in [0.5, 0.6) is 0 Å². The second-order valence-corrected chi connectivity index (χ2v) is 5.29. The topological polar surface area (TPSA) is 149 Å². The monoisotopic (exact) mass is 380 g/mol. The Morgan fingerprint density at radius 2 is 0.963 bits per heavy atom. The van der Waals surface area contributed by atoms with E-state index in [0.29, 0.717) is 24.3 Å². The summed E-state index contributed by atoms with van der Waals surface area (Å²) >= 11 is 0. The van der Waals surface area contributed by atoms with E-state index < -0.39 is 75.3 Å². The Morgan fingerprint density at radius 1 is 0.630 bits per heavy atom. The van der Waals surface area contributed by atoms with Crippen molar-refractivity contribution in [1.29, 1.82) is 0 Å². The van der Waals surface area contributed by atoms with Crippen molar-refractivity contribution in [3.8, 4) is 0 Å². The first kappa shape index (κ1) is 19.5. The Kier molecular flexibility index (Phi) is 5.20. The number of hydrogen-bond donors (Lipinski definition) is 4. The van der Waals surface area contributed by atoms with E-state index in [0.717, 1.165) is 0 Å². The van der Waals surface area contributed by atoms with Gasteiger partial charge in [-0.2, -0.15) is 0 Å². The molecule has 140 valence electrons. The molecule has 10 heteroatoms. The molecule has 0 aromatic heterocycles. The van der Waals surface area contributed by atoms with Crippen LogP contribution in [0.25, 0.3) is 0 Å². The van der Waals surface area contributed by atoms with E-state index >= 15 is 0 Å². The van der Waals surface area contributed by atoms with Crippen LogP contribution in [-0.4, -0.2) is 44.3 Å². The summed E-state index contributed by atoms with van der Waals surface area (Å²) in [7, 11) is 0. The van der Waals surface area contributed by atoms with E-state index in [2.05, 4.69) is 0 Å². The highest BCUT2D eigenvalue weighted by Crippen LogP contribution is 2.27. The molecular weight excluding hydrogens is 370 g/mol. The summed E-state index contributed by atoms with van der Waals surface area (Å²) in [6.45, 7) is 0. The quantitative estimate of drug-likeness (QED) is 0.597. The van der Waals surface area contributed by atoms with Gasteiger partial charge in [-0.05, 0) is 24.3 Å². The number of carboxylic acids is 4. The van der Waals surface area contributed by atoms with E-state index in [-0.39, 0.29) is 0 Å². The first-order valence-corrected chi connectivity index (χ1v) is 7.12. The largest absolute Gasteiger partial charge is 0.478 e. The van der Waals surface area contributed by atoms with Crippen molar-refractivity contribution < 1.29 is 48.4 Å². The summed E-state index contributed by atoms with van der Waals surface area (Å²) < 4.78 is 28.4. The second kappa shape index (κ2) is 7.20. The molecule has 0 amide bonds. The molecule has 0 aliphatic carbocycles. The molecule has 8 nitrogen and oxygen atoms in total. The minimum atomic E-state index is -1.83. The molecule has 0 aliphatic heterocycles.